The summed E-state index contributed by atoms with van der Waals surface area (Å²) >= 11 is 0. The van der Waals surface area contributed by atoms with Crippen LogP contribution in [-0.2, 0) is 0 Å². The second kappa shape index (κ2) is 3.96. The van der Waals surface area contributed by atoms with Crippen LogP contribution in [0.1, 0.15) is 16.1 Å². The van der Waals surface area contributed by atoms with Gasteiger partial charge in [-0.05, 0) is 19.1 Å². The Morgan fingerprint density at radius 2 is 2.07 bits per heavy atom. The van der Waals surface area contributed by atoms with Crippen molar-refractivity contribution in [3.05, 3.63) is 47.9 Å². The fourth-order valence-corrected chi connectivity index (χ4v) is 1.17. The van der Waals surface area contributed by atoms with Crippen LogP contribution in [0, 0.1) is 6.92 Å². The molecule has 0 saturated heterocycles. The molecule has 0 bridgehead atoms. The van der Waals surface area contributed by atoms with Crippen molar-refractivity contribution in [2.24, 2.45) is 0 Å². The Labute approximate surface area is 86.9 Å². The minimum atomic E-state index is -0.225. The second-order valence-corrected chi connectivity index (χ2v) is 3.10. The Bertz CT molecular complexity index is 462. The molecular weight excluding hydrogens is 192 g/mol. The number of carbonyl (C=O) groups is 1. The molecule has 1 heterocycles. The van der Waals surface area contributed by atoms with Gasteiger partial charge in [-0.25, -0.2) is 4.98 Å². The van der Waals surface area contributed by atoms with Gasteiger partial charge < -0.3 is 4.42 Å². The van der Waals surface area contributed by atoms with Crippen molar-refractivity contribution in [3.8, 4) is 0 Å². The average molecular weight is 202 g/mol. The fraction of sp³-hybridized carbons (Fsp3) is 0.0909. The van der Waals surface area contributed by atoms with Crippen molar-refractivity contribution in [1.82, 2.24) is 4.98 Å². The van der Waals surface area contributed by atoms with Crippen molar-refractivity contribution in [1.29, 1.82) is 0 Å². The van der Waals surface area contributed by atoms with Crippen LogP contribution in [0.4, 0.5) is 6.01 Å². The third-order valence-electron chi connectivity index (χ3n) is 1.88. The van der Waals surface area contributed by atoms with Crippen LogP contribution in [0.15, 0.2) is 40.9 Å². The summed E-state index contributed by atoms with van der Waals surface area (Å²) in [5, 5.41) is 2.56. The van der Waals surface area contributed by atoms with Crippen molar-refractivity contribution in [2.45, 2.75) is 6.92 Å². The SMILES string of the molecule is Cc1cnc(NC(=O)c2ccccc2)o1. The summed E-state index contributed by atoms with van der Waals surface area (Å²) in [5.74, 6) is 0.441. The van der Waals surface area contributed by atoms with E-state index in [1.54, 1.807) is 37.4 Å². The minimum absolute atomic E-state index is 0.223. The number of anilines is 1. The molecule has 0 aliphatic rings. The highest BCUT2D eigenvalue weighted by Gasteiger charge is 2.07. The number of hydrogen-bond acceptors (Lipinski definition) is 3. The molecule has 0 radical (unpaired) electrons. The summed E-state index contributed by atoms with van der Waals surface area (Å²) in [4.78, 5) is 15.5. The van der Waals surface area contributed by atoms with Gasteiger partial charge in [-0.2, -0.15) is 0 Å². The zero-order valence-electron chi connectivity index (χ0n) is 8.23. The third kappa shape index (κ3) is 2.22. The van der Waals surface area contributed by atoms with Gasteiger partial charge in [0.05, 0.1) is 6.20 Å². The van der Waals surface area contributed by atoms with Gasteiger partial charge in [0.1, 0.15) is 5.76 Å². The Morgan fingerprint density at radius 1 is 1.33 bits per heavy atom. The third-order valence-corrected chi connectivity index (χ3v) is 1.88. The topological polar surface area (TPSA) is 55.1 Å². The lowest BCUT2D eigenvalue weighted by Crippen LogP contribution is -2.11. The normalized spacial score (nSPS) is 9.93. The molecule has 0 unspecified atom stereocenters. The molecule has 4 heteroatoms. The number of nitrogens with zero attached hydrogens (tertiary/aromatic N) is 1. The number of benzene rings is 1. The van der Waals surface area contributed by atoms with Crippen LogP contribution in [0.2, 0.25) is 0 Å². The van der Waals surface area contributed by atoms with Gasteiger partial charge in [0.2, 0.25) is 0 Å². The van der Waals surface area contributed by atoms with E-state index in [1.807, 2.05) is 6.07 Å². The maximum atomic E-state index is 11.6. The molecule has 76 valence electrons. The number of aromatic nitrogens is 1. The molecule has 15 heavy (non-hydrogen) atoms. The quantitative estimate of drug-likeness (QED) is 0.812. The molecule has 0 atom stereocenters. The van der Waals surface area contributed by atoms with E-state index >= 15 is 0 Å². The summed E-state index contributed by atoms with van der Waals surface area (Å²) in [5.41, 5.74) is 0.577. The summed E-state index contributed by atoms with van der Waals surface area (Å²) in [6.07, 6.45) is 1.56. The lowest BCUT2D eigenvalue weighted by Gasteiger charge is -1.99. The summed E-state index contributed by atoms with van der Waals surface area (Å²) in [6.45, 7) is 1.77. The number of hydrogen-bond donors (Lipinski definition) is 1. The Hall–Kier alpha value is -2.10. The van der Waals surface area contributed by atoms with Gasteiger partial charge in [0, 0.05) is 5.56 Å². The number of aryl methyl sites for hydroxylation is 1. The number of amides is 1. The van der Waals surface area contributed by atoms with E-state index in [9.17, 15) is 4.79 Å². The van der Waals surface area contributed by atoms with Crippen molar-refractivity contribution >= 4 is 11.9 Å². The van der Waals surface area contributed by atoms with Crippen molar-refractivity contribution in [3.63, 3.8) is 0 Å². The molecule has 0 fully saturated rings. The lowest BCUT2D eigenvalue weighted by molar-refractivity contribution is 0.102. The van der Waals surface area contributed by atoms with Crippen LogP contribution >= 0.6 is 0 Å². The maximum absolute atomic E-state index is 11.6. The summed E-state index contributed by atoms with van der Waals surface area (Å²) in [7, 11) is 0. The largest absolute Gasteiger partial charge is 0.429 e. The van der Waals surface area contributed by atoms with Crippen LogP contribution in [0.5, 0.6) is 0 Å². The van der Waals surface area contributed by atoms with Gasteiger partial charge >= 0.3 is 6.01 Å². The molecule has 1 aromatic carbocycles. The lowest BCUT2D eigenvalue weighted by atomic mass is 10.2. The van der Waals surface area contributed by atoms with E-state index in [0.717, 1.165) is 0 Å². The first kappa shape index (κ1) is 9.45. The molecule has 2 rings (SSSR count). The smallest absolute Gasteiger partial charge is 0.301 e. The first-order valence-corrected chi connectivity index (χ1v) is 4.54. The van der Waals surface area contributed by atoms with E-state index in [-0.39, 0.29) is 11.9 Å². The zero-order chi connectivity index (χ0) is 10.7. The van der Waals surface area contributed by atoms with E-state index in [1.165, 1.54) is 0 Å². The molecule has 0 aliphatic heterocycles. The number of oxazole rings is 1. The van der Waals surface area contributed by atoms with Crippen LogP contribution in [-0.4, -0.2) is 10.9 Å². The van der Waals surface area contributed by atoms with Crippen molar-refractivity contribution in [2.75, 3.05) is 5.32 Å². The first-order valence-electron chi connectivity index (χ1n) is 4.54. The molecule has 0 aliphatic carbocycles. The Balaban J connectivity index is 2.11. The number of nitrogens with one attached hydrogen (secondary N) is 1. The van der Waals surface area contributed by atoms with Gasteiger partial charge in [-0.1, -0.05) is 18.2 Å². The van der Waals surface area contributed by atoms with E-state index in [4.69, 9.17) is 4.42 Å². The maximum Gasteiger partial charge on any atom is 0.301 e. The van der Waals surface area contributed by atoms with Crippen LogP contribution in [0.25, 0.3) is 0 Å². The van der Waals surface area contributed by atoms with E-state index in [0.29, 0.717) is 11.3 Å². The molecule has 2 aromatic rings. The van der Waals surface area contributed by atoms with E-state index < -0.39 is 0 Å². The van der Waals surface area contributed by atoms with Gasteiger partial charge in [0.25, 0.3) is 5.91 Å². The van der Waals surface area contributed by atoms with Crippen LogP contribution < -0.4 is 5.32 Å². The van der Waals surface area contributed by atoms with Crippen LogP contribution in [0.3, 0.4) is 0 Å². The Kier molecular flexibility index (Phi) is 2.49. The first-order chi connectivity index (χ1) is 7.25. The predicted octanol–water partition coefficient (Wildman–Crippen LogP) is 2.24. The van der Waals surface area contributed by atoms with Gasteiger partial charge in [-0.3, -0.25) is 10.1 Å². The Morgan fingerprint density at radius 3 is 2.67 bits per heavy atom. The summed E-state index contributed by atoms with van der Waals surface area (Å²) in [6, 6.07) is 9.13. The molecule has 4 nitrogen and oxygen atoms in total. The standard InChI is InChI=1S/C11H10N2O2/c1-8-7-12-11(15-8)13-10(14)9-5-3-2-4-6-9/h2-7H,1H3,(H,12,13,14). The second-order valence-electron chi connectivity index (χ2n) is 3.10. The molecule has 0 saturated carbocycles. The molecule has 1 N–H and O–H groups in total. The number of carbonyl (C=O) groups excluding carboxylic acids is 1. The van der Waals surface area contributed by atoms with Gasteiger partial charge in [-0.15, -0.1) is 0 Å². The highest BCUT2D eigenvalue weighted by molar-refractivity contribution is 6.03. The van der Waals surface area contributed by atoms with Crippen molar-refractivity contribution < 1.29 is 9.21 Å². The minimum Gasteiger partial charge on any atom is -0.429 e. The predicted molar refractivity (Wildman–Crippen MR) is 55.6 cm³/mol. The molecule has 1 amide bonds. The molecular formula is C11H10N2O2. The molecule has 0 spiro atoms. The summed E-state index contributed by atoms with van der Waals surface area (Å²) < 4.78 is 5.13. The zero-order valence-corrected chi connectivity index (χ0v) is 8.23. The average Bonchev–Trinajstić information content (AvgIpc) is 2.65. The van der Waals surface area contributed by atoms with E-state index in [2.05, 4.69) is 10.3 Å². The number of rotatable bonds is 2. The monoisotopic (exact) mass is 202 g/mol. The molecule has 1 aromatic heterocycles. The highest BCUT2D eigenvalue weighted by atomic mass is 16.4. The van der Waals surface area contributed by atoms with Gasteiger partial charge in [0.15, 0.2) is 0 Å². The fourth-order valence-electron chi connectivity index (χ4n) is 1.17. The highest BCUT2D eigenvalue weighted by Crippen LogP contribution is 2.09.